The largest absolute Gasteiger partial charge is 0.310 e. The fourth-order valence-corrected chi connectivity index (χ4v) is 8.84. The van der Waals surface area contributed by atoms with E-state index in [-0.39, 0.29) is 5.41 Å². The van der Waals surface area contributed by atoms with Gasteiger partial charge < -0.3 is 4.90 Å². The molecule has 0 radical (unpaired) electrons. The molecule has 0 atom stereocenters. The average Bonchev–Trinajstić information content (AvgIpc) is 3.67. The zero-order valence-electron chi connectivity index (χ0n) is 27.8. The summed E-state index contributed by atoms with van der Waals surface area (Å²) in [4.78, 5) is 2.47. The third-order valence-corrected chi connectivity index (χ3v) is 11.0. The zero-order chi connectivity index (χ0) is 33.1. The molecule has 1 heteroatoms. The van der Waals surface area contributed by atoms with E-state index in [0.717, 1.165) is 24.2 Å². The third kappa shape index (κ3) is 4.20. The molecule has 0 saturated carbocycles. The number of nitrogens with zero attached hydrogens (tertiary/aromatic N) is 1. The lowest BCUT2D eigenvalue weighted by molar-refractivity contribution is 0.794. The molecule has 0 bridgehead atoms. The van der Waals surface area contributed by atoms with Gasteiger partial charge in [-0.3, -0.25) is 0 Å². The molecule has 236 valence electrons. The lowest BCUT2D eigenvalue weighted by Crippen LogP contribution is -2.26. The fourth-order valence-electron chi connectivity index (χ4n) is 8.84. The second-order valence-corrected chi connectivity index (χ2v) is 13.5. The van der Waals surface area contributed by atoms with Crippen LogP contribution < -0.4 is 4.90 Å². The normalized spacial score (nSPS) is 14.4. The van der Waals surface area contributed by atoms with E-state index in [9.17, 15) is 0 Å². The lowest BCUT2D eigenvalue weighted by Gasteiger charge is -2.32. The Kier molecular flexibility index (Phi) is 6.60. The summed E-state index contributed by atoms with van der Waals surface area (Å²) in [6, 6.07) is 63.0. The topological polar surface area (TPSA) is 3.24 Å². The van der Waals surface area contributed by atoms with Gasteiger partial charge in [-0.1, -0.05) is 158 Å². The number of benzene rings is 7. The van der Waals surface area contributed by atoms with Crippen molar-refractivity contribution in [2.24, 2.45) is 0 Å². The number of fused-ring (bicyclic) bond motifs is 10. The third-order valence-electron chi connectivity index (χ3n) is 11.0. The van der Waals surface area contributed by atoms with Crippen molar-refractivity contribution in [3.05, 3.63) is 216 Å². The molecule has 7 aromatic rings. The second-order valence-electron chi connectivity index (χ2n) is 13.5. The van der Waals surface area contributed by atoms with Crippen molar-refractivity contribution in [3.8, 4) is 33.4 Å². The highest BCUT2D eigenvalue weighted by Gasteiger charge is 2.52. The number of hydrogen-bond donors (Lipinski definition) is 0. The minimum Gasteiger partial charge on any atom is -0.310 e. The SMILES string of the molecule is C1=CCCC(c2ccc(N(c3ccc(-c4ccccc4)cc3)c3cccc4c3-c3ccccc3C43c4ccccc4-c4ccccc43)cc2)=C1. The van der Waals surface area contributed by atoms with Crippen molar-refractivity contribution >= 4 is 22.6 Å². The number of anilines is 3. The van der Waals surface area contributed by atoms with E-state index >= 15 is 0 Å². The van der Waals surface area contributed by atoms with Crippen LogP contribution in [-0.4, -0.2) is 0 Å². The molecule has 0 unspecified atom stereocenters. The summed E-state index contributed by atoms with van der Waals surface area (Å²) in [5.74, 6) is 0. The van der Waals surface area contributed by atoms with Crippen LogP contribution in [0, 0.1) is 0 Å². The molecule has 10 rings (SSSR count). The number of allylic oxidation sites excluding steroid dienone is 4. The van der Waals surface area contributed by atoms with Crippen molar-refractivity contribution in [1.82, 2.24) is 0 Å². The van der Waals surface area contributed by atoms with Gasteiger partial charge in [-0.25, -0.2) is 0 Å². The highest BCUT2D eigenvalue weighted by atomic mass is 15.1. The van der Waals surface area contributed by atoms with E-state index < -0.39 is 0 Å². The Labute approximate surface area is 294 Å². The van der Waals surface area contributed by atoms with Crippen LogP contribution in [0.1, 0.15) is 40.7 Å². The first-order valence-corrected chi connectivity index (χ1v) is 17.7. The van der Waals surface area contributed by atoms with E-state index in [1.54, 1.807) is 0 Å². The number of hydrogen-bond acceptors (Lipinski definition) is 1. The monoisotopic (exact) mass is 637 g/mol. The van der Waals surface area contributed by atoms with Crippen LogP contribution in [0.5, 0.6) is 0 Å². The molecule has 0 aromatic heterocycles. The van der Waals surface area contributed by atoms with Gasteiger partial charge in [-0.05, 0) is 104 Å². The second kappa shape index (κ2) is 11.5. The molecule has 1 spiro atoms. The highest BCUT2D eigenvalue weighted by Crippen LogP contribution is 2.64. The van der Waals surface area contributed by atoms with Crippen LogP contribution in [0.3, 0.4) is 0 Å². The van der Waals surface area contributed by atoms with Gasteiger partial charge in [0, 0.05) is 16.9 Å². The summed E-state index contributed by atoms with van der Waals surface area (Å²) >= 11 is 0. The average molecular weight is 638 g/mol. The van der Waals surface area contributed by atoms with Gasteiger partial charge in [0.2, 0.25) is 0 Å². The molecular formula is C49H35N. The van der Waals surface area contributed by atoms with Crippen LogP contribution in [-0.2, 0) is 5.41 Å². The summed E-state index contributed by atoms with van der Waals surface area (Å²) < 4.78 is 0. The molecule has 0 fully saturated rings. The predicted molar refractivity (Wildman–Crippen MR) is 209 cm³/mol. The zero-order valence-corrected chi connectivity index (χ0v) is 27.8. The summed E-state index contributed by atoms with van der Waals surface area (Å²) in [6.45, 7) is 0. The van der Waals surface area contributed by atoms with Crippen molar-refractivity contribution in [1.29, 1.82) is 0 Å². The van der Waals surface area contributed by atoms with Gasteiger partial charge >= 0.3 is 0 Å². The van der Waals surface area contributed by atoms with Crippen LogP contribution in [0.15, 0.2) is 188 Å². The molecule has 3 aliphatic carbocycles. The van der Waals surface area contributed by atoms with E-state index in [4.69, 9.17) is 0 Å². The Hall–Kier alpha value is -6.18. The highest BCUT2D eigenvalue weighted by molar-refractivity contribution is 6.01. The molecular weight excluding hydrogens is 603 g/mol. The van der Waals surface area contributed by atoms with Gasteiger partial charge in [-0.15, -0.1) is 0 Å². The Morgan fingerprint density at radius 1 is 0.420 bits per heavy atom. The lowest BCUT2D eigenvalue weighted by atomic mass is 9.70. The van der Waals surface area contributed by atoms with Crippen molar-refractivity contribution in [2.45, 2.75) is 18.3 Å². The van der Waals surface area contributed by atoms with E-state index in [1.165, 1.54) is 72.5 Å². The molecule has 0 N–H and O–H groups in total. The Balaban J connectivity index is 1.21. The van der Waals surface area contributed by atoms with Crippen LogP contribution >= 0.6 is 0 Å². The smallest absolute Gasteiger partial charge is 0.0726 e. The van der Waals surface area contributed by atoms with Crippen LogP contribution in [0.25, 0.3) is 39.0 Å². The van der Waals surface area contributed by atoms with E-state index in [1.807, 2.05) is 0 Å². The van der Waals surface area contributed by atoms with Gasteiger partial charge in [-0.2, -0.15) is 0 Å². The van der Waals surface area contributed by atoms with Crippen molar-refractivity contribution in [2.75, 3.05) is 4.90 Å². The molecule has 3 aliphatic rings. The Bertz CT molecular complexity index is 2420. The molecule has 0 aliphatic heterocycles. The maximum absolute atomic E-state index is 2.47. The molecule has 0 saturated heterocycles. The minimum absolute atomic E-state index is 0.386. The Morgan fingerprint density at radius 2 is 0.940 bits per heavy atom. The van der Waals surface area contributed by atoms with Gasteiger partial charge in [0.25, 0.3) is 0 Å². The van der Waals surface area contributed by atoms with Crippen molar-refractivity contribution < 1.29 is 0 Å². The summed E-state index contributed by atoms with van der Waals surface area (Å²) in [7, 11) is 0. The molecule has 50 heavy (non-hydrogen) atoms. The maximum Gasteiger partial charge on any atom is 0.0726 e. The first kappa shape index (κ1) is 28.8. The summed E-state index contributed by atoms with van der Waals surface area (Å²) in [5, 5.41) is 0. The van der Waals surface area contributed by atoms with Gasteiger partial charge in [0.05, 0.1) is 11.1 Å². The summed E-state index contributed by atoms with van der Waals surface area (Å²) in [5.41, 5.74) is 18.9. The van der Waals surface area contributed by atoms with E-state index in [2.05, 4.69) is 193 Å². The fraction of sp³-hybridized carbons (Fsp3) is 0.0612. The standard InChI is InChI=1S/C49H35N/c1-3-14-34(15-4-1)36-26-30-38(31-27-36)50(39-32-28-37(29-33-39)35-16-5-2-6-17-35)47-25-13-24-46-48(47)42-20-9-12-23-45(42)49(46)43-21-10-7-18-40(43)41-19-8-11-22-44(41)49/h1-5,7-16,18-33H,6,17H2. The summed E-state index contributed by atoms with van der Waals surface area (Å²) in [6.07, 6.45) is 8.87. The first-order valence-electron chi connectivity index (χ1n) is 17.7. The molecule has 0 amide bonds. The maximum atomic E-state index is 2.47. The number of rotatable bonds is 5. The van der Waals surface area contributed by atoms with Gasteiger partial charge in [0.15, 0.2) is 0 Å². The molecule has 7 aromatic carbocycles. The quantitative estimate of drug-likeness (QED) is 0.181. The predicted octanol–water partition coefficient (Wildman–Crippen LogP) is 12.9. The first-order chi connectivity index (χ1) is 24.8. The molecule has 0 heterocycles. The van der Waals surface area contributed by atoms with Crippen LogP contribution in [0.4, 0.5) is 17.1 Å². The Morgan fingerprint density at radius 3 is 1.56 bits per heavy atom. The van der Waals surface area contributed by atoms with Crippen LogP contribution in [0.2, 0.25) is 0 Å². The van der Waals surface area contributed by atoms with Gasteiger partial charge in [0.1, 0.15) is 0 Å². The minimum atomic E-state index is -0.386. The van der Waals surface area contributed by atoms with E-state index in [0.29, 0.717) is 0 Å². The van der Waals surface area contributed by atoms with Crippen molar-refractivity contribution in [3.63, 3.8) is 0 Å². The molecule has 1 nitrogen and oxygen atoms in total.